The largest absolute Gasteiger partial charge is 0.366 e. The third-order valence-electron chi connectivity index (χ3n) is 2.81. The summed E-state index contributed by atoms with van der Waals surface area (Å²) >= 11 is 0. The molecule has 2 aromatic rings. The fraction of sp³-hybridized carbons (Fsp3) is 0.200. The van der Waals surface area contributed by atoms with E-state index in [1.54, 1.807) is 24.7 Å². The second kappa shape index (κ2) is 6.86. The maximum Gasteiger partial charge on any atom is 0.142 e. The second-order valence-electron chi connectivity index (χ2n) is 4.20. The van der Waals surface area contributed by atoms with Crippen LogP contribution >= 0.6 is 0 Å². The van der Waals surface area contributed by atoms with Crippen LogP contribution in [-0.2, 0) is 6.54 Å². The van der Waals surface area contributed by atoms with Crippen LogP contribution in [-0.4, -0.2) is 16.5 Å². The molecule has 0 unspecified atom stereocenters. The molecule has 0 saturated heterocycles. The highest BCUT2D eigenvalue weighted by atomic mass is 15.1. The van der Waals surface area contributed by atoms with E-state index in [4.69, 9.17) is 10.5 Å². The van der Waals surface area contributed by atoms with Gasteiger partial charge in [0, 0.05) is 37.4 Å². The Hall–Kier alpha value is -2.92. The summed E-state index contributed by atoms with van der Waals surface area (Å²) in [5.41, 5.74) is 2.31. The van der Waals surface area contributed by atoms with Gasteiger partial charge < -0.3 is 4.90 Å². The summed E-state index contributed by atoms with van der Waals surface area (Å²) in [4.78, 5) is 10.1. The summed E-state index contributed by atoms with van der Waals surface area (Å²) in [6, 6.07) is 11.6. The number of anilines is 1. The van der Waals surface area contributed by atoms with Crippen LogP contribution < -0.4 is 4.90 Å². The molecule has 0 bridgehead atoms. The molecule has 0 spiro atoms. The minimum absolute atomic E-state index is 0.371. The topological polar surface area (TPSA) is 76.6 Å². The maximum atomic E-state index is 8.92. The van der Waals surface area contributed by atoms with Gasteiger partial charge in [0.15, 0.2) is 0 Å². The number of hydrogen-bond donors (Lipinski definition) is 0. The average molecular weight is 263 g/mol. The van der Waals surface area contributed by atoms with Crippen LogP contribution in [0.15, 0.2) is 42.9 Å². The molecule has 0 amide bonds. The summed E-state index contributed by atoms with van der Waals surface area (Å²) < 4.78 is 0. The van der Waals surface area contributed by atoms with Gasteiger partial charge in [-0.3, -0.25) is 4.98 Å². The number of pyridine rings is 2. The molecule has 2 heterocycles. The van der Waals surface area contributed by atoms with Gasteiger partial charge in [-0.2, -0.15) is 10.5 Å². The van der Waals surface area contributed by atoms with E-state index in [9.17, 15) is 0 Å². The van der Waals surface area contributed by atoms with Crippen molar-refractivity contribution >= 4 is 5.69 Å². The Morgan fingerprint density at radius 3 is 2.80 bits per heavy atom. The van der Waals surface area contributed by atoms with Gasteiger partial charge in [-0.25, -0.2) is 4.98 Å². The molecule has 5 nitrogen and oxygen atoms in total. The van der Waals surface area contributed by atoms with Crippen molar-refractivity contribution in [1.29, 1.82) is 10.5 Å². The molecular formula is C15H13N5. The summed E-state index contributed by atoms with van der Waals surface area (Å²) in [6.45, 7) is 1.24. The van der Waals surface area contributed by atoms with Crippen LogP contribution in [0.4, 0.5) is 5.69 Å². The third kappa shape index (κ3) is 3.54. The van der Waals surface area contributed by atoms with Gasteiger partial charge in [0.1, 0.15) is 11.8 Å². The van der Waals surface area contributed by atoms with Crippen molar-refractivity contribution in [2.75, 3.05) is 11.4 Å². The van der Waals surface area contributed by atoms with E-state index in [0.717, 1.165) is 11.3 Å². The minimum atomic E-state index is 0.371. The van der Waals surface area contributed by atoms with Crippen LogP contribution in [0.2, 0.25) is 0 Å². The highest BCUT2D eigenvalue weighted by Gasteiger charge is 2.08. The van der Waals surface area contributed by atoms with Gasteiger partial charge in [-0.15, -0.1) is 0 Å². The lowest BCUT2D eigenvalue weighted by Crippen LogP contribution is -2.23. The highest BCUT2D eigenvalue weighted by molar-refractivity contribution is 5.49. The molecule has 0 aliphatic rings. The Morgan fingerprint density at radius 1 is 1.20 bits per heavy atom. The number of hydrogen-bond acceptors (Lipinski definition) is 5. The molecule has 20 heavy (non-hydrogen) atoms. The Kier molecular flexibility index (Phi) is 4.64. The quantitative estimate of drug-likeness (QED) is 0.827. The first kappa shape index (κ1) is 13.5. The summed E-state index contributed by atoms with van der Waals surface area (Å²) in [5, 5.41) is 17.7. The van der Waals surface area contributed by atoms with E-state index >= 15 is 0 Å². The number of aromatic nitrogens is 2. The van der Waals surface area contributed by atoms with Crippen molar-refractivity contribution in [2.24, 2.45) is 0 Å². The average Bonchev–Trinajstić information content (AvgIpc) is 2.52. The Morgan fingerprint density at radius 2 is 2.10 bits per heavy atom. The van der Waals surface area contributed by atoms with E-state index in [0.29, 0.717) is 25.2 Å². The van der Waals surface area contributed by atoms with Gasteiger partial charge in [-0.05, 0) is 23.8 Å². The number of nitrogens with zero attached hydrogens (tertiary/aromatic N) is 5. The van der Waals surface area contributed by atoms with Crippen molar-refractivity contribution in [3.63, 3.8) is 0 Å². The number of rotatable bonds is 5. The second-order valence-corrected chi connectivity index (χ2v) is 4.20. The van der Waals surface area contributed by atoms with E-state index < -0.39 is 0 Å². The van der Waals surface area contributed by atoms with Crippen LogP contribution in [0.3, 0.4) is 0 Å². The molecule has 0 N–H and O–H groups in total. The molecule has 98 valence electrons. The Balaban J connectivity index is 2.23. The summed E-state index contributed by atoms with van der Waals surface area (Å²) in [6.07, 6.45) is 5.55. The lowest BCUT2D eigenvalue weighted by molar-refractivity contribution is 0.794. The lowest BCUT2D eigenvalue weighted by Gasteiger charge is -2.23. The molecular weight excluding hydrogens is 250 g/mol. The lowest BCUT2D eigenvalue weighted by atomic mass is 10.2. The fourth-order valence-electron chi connectivity index (χ4n) is 1.87. The standard InChI is InChI=1S/C15H13N5/c16-5-2-8-20(12-13-3-1-6-18-11-13)15-4-7-19-14(9-15)10-17/h1,3-4,6-7,9,11H,2,8,12H2. The SMILES string of the molecule is N#CCCN(Cc1cccnc1)c1ccnc(C#N)c1. The van der Waals surface area contributed by atoms with Crippen LogP contribution in [0.25, 0.3) is 0 Å². The Bertz CT molecular complexity index is 639. The van der Waals surface area contributed by atoms with E-state index in [2.05, 4.69) is 16.0 Å². The summed E-state index contributed by atoms with van der Waals surface area (Å²) in [5.74, 6) is 0. The monoisotopic (exact) mass is 263 g/mol. The van der Waals surface area contributed by atoms with Gasteiger partial charge in [0.25, 0.3) is 0 Å². The predicted molar refractivity (Wildman–Crippen MR) is 74.5 cm³/mol. The first-order chi connectivity index (χ1) is 9.83. The van der Waals surface area contributed by atoms with E-state index in [-0.39, 0.29) is 0 Å². The molecule has 0 radical (unpaired) electrons. The molecule has 0 aliphatic heterocycles. The zero-order valence-electron chi connectivity index (χ0n) is 10.9. The smallest absolute Gasteiger partial charge is 0.142 e. The zero-order chi connectivity index (χ0) is 14.2. The molecule has 5 heteroatoms. The fourth-order valence-corrected chi connectivity index (χ4v) is 1.87. The van der Waals surface area contributed by atoms with Gasteiger partial charge in [0.2, 0.25) is 0 Å². The van der Waals surface area contributed by atoms with Gasteiger partial charge in [0.05, 0.1) is 12.5 Å². The predicted octanol–water partition coefficient (Wildman–Crippen LogP) is 2.27. The third-order valence-corrected chi connectivity index (χ3v) is 2.81. The van der Waals surface area contributed by atoms with Crippen molar-refractivity contribution < 1.29 is 0 Å². The molecule has 0 aliphatic carbocycles. The molecule has 2 aromatic heterocycles. The van der Waals surface area contributed by atoms with Crippen LogP contribution in [0.1, 0.15) is 17.7 Å². The van der Waals surface area contributed by atoms with Gasteiger partial charge in [-0.1, -0.05) is 6.07 Å². The number of nitriles is 2. The van der Waals surface area contributed by atoms with Gasteiger partial charge >= 0.3 is 0 Å². The van der Waals surface area contributed by atoms with Crippen LogP contribution in [0.5, 0.6) is 0 Å². The molecule has 0 saturated carbocycles. The first-order valence-corrected chi connectivity index (χ1v) is 6.20. The van der Waals surface area contributed by atoms with E-state index in [1.807, 2.05) is 29.2 Å². The molecule has 0 aromatic carbocycles. The van der Waals surface area contributed by atoms with Crippen molar-refractivity contribution in [3.05, 3.63) is 54.1 Å². The Labute approximate surface area is 117 Å². The maximum absolute atomic E-state index is 8.92. The summed E-state index contributed by atoms with van der Waals surface area (Å²) in [7, 11) is 0. The van der Waals surface area contributed by atoms with Crippen molar-refractivity contribution in [1.82, 2.24) is 9.97 Å². The first-order valence-electron chi connectivity index (χ1n) is 6.20. The minimum Gasteiger partial charge on any atom is -0.366 e. The van der Waals surface area contributed by atoms with Crippen molar-refractivity contribution in [2.45, 2.75) is 13.0 Å². The van der Waals surface area contributed by atoms with Crippen LogP contribution in [0, 0.1) is 22.7 Å². The van der Waals surface area contributed by atoms with E-state index in [1.165, 1.54) is 0 Å². The molecule has 2 rings (SSSR count). The highest BCUT2D eigenvalue weighted by Crippen LogP contribution is 2.17. The zero-order valence-corrected chi connectivity index (χ0v) is 10.9. The molecule has 0 atom stereocenters. The normalized spacial score (nSPS) is 9.50. The molecule has 0 fully saturated rings. The van der Waals surface area contributed by atoms with Crippen molar-refractivity contribution in [3.8, 4) is 12.1 Å².